The molecule has 0 radical (unpaired) electrons. The van der Waals surface area contributed by atoms with E-state index in [2.05, 4.69) is 103 Å². The number of hydrogen-bond donors (Lipinski definition) is 0. The number of rotatable bonds is 7. The van der Waals surface area contributed by atoms with E-state index >= 15 is 0 Å². The van der Waals surface area contributed by atoms with Crippen LogP contribution in [0.25, 0.3) is 0 Å². The molecule has 0 aliphatic heterocycles. The van der Waals surface area contributed by atoms with Gasteiger partial charge in [0.2, 0.25) is 0 Å². The largest absolute Gasteiger partial charge is 0.0625 e. The van der Waals surface area contributed by atoms with Gasteiger partial charge >= 0.3 is 0 Å². The Kier molecular flexibility index (Phi) is 9.47. The van der Waals surface area contributed by atoms with E-state index in [-0.39, 0.29) is 5.41 Å². The van der Waals surface area contributed by atoms with Crippen molar-refractivity contribution in [2.24, 2.45) is 17.8 Å². The maximum atomic E-state index is 2.58. The minimum atomic E-state index is 0.151. The van der Waals surface area contributed by atoms with Crippen LogP contribution in [-0.2, 0) is 24.7 Å². The van der Waals surface area contributed by atoms with Crippen molar-refractivity contribution in [1.29, 1.82) is 0 Å². The molecule has 2 aliphatic carbocycles. The molecule has 5 rings (SSSR count). The molecule has 2 aliphatic rings. The lowest BCUT2D eigenvalue weighted by molar-refractivity contribution is 0.165. The zero-order valence-corrected chi connectivity index (χ0v) is 27.3. The molecule has 220 valence electrons. The standard InChI is InChI=1S/C41H56/c1-8-32-26-37(35-19-17-34(18-20-35)33-14-9-28(2)10-15-33)22-21-36(32)24-31-13-12-30(4)39(25-31)27-38-16-11-29(3)23-40(38)41(5,6)7/h11-13,16,21-23,25-26,28,33-35H,8-10,14-15,17-20,24,27H2,1-7H3. The van der Waals surface area contributed by atoms with Gasteiger partial charge in [-0.3, -0.25) is 0 Å². The Hall–Kier alpha value is -2.34. The lowest BCUT2D eigenvalue weighted by Crippen LogP contribution is -2.24. The summed E-state index contributed by atoms with van der Waals surface area (Å²) >= 11 is 0. The van der Waals surface area contributed by atoms with Gasteiger partial charge in [-0.2, -0.15) is 0 Å². The molecule has 2 fully saturated rings. The van der Waals surface area contributed by atoms with E-state index in [0.717, 1.165) is 42.9 Å². The minimum absolute atomic E-state index is 0.151. The van der Waals surface area contributed by atoms with Crippen molar-refractivity contribution in [3.63, 3.8) is 0 Å². The molecule has 0 heterocycles. The molecule has 0 bridgehead atoms. The summed E-state index contributed by atoms with van der Waals surface area (Å²) in [6.45, 7) is 16.3. The third-order valence-electron chi connectivity index (χ3n) is 10.8. The second-order valence-corrected chi connectivity index (χ2v) is 15.0. The van der Waals surface area contributed by atoms with E-state index in [1.165, 1.54) is 90.3 Å². The number of hydrogen-bond acceptors (Lipinski definition) is 0. The Morgan fingerprint density at radius 2 is 1.29 bits per heavy atom. The first-order valence-electron chi connectivity index (χ1n) is 16.9. The van der Waals surface area contributed by atoms with Gasteiger partial charge in [0, 0.05) is 0 Å². The molecule has 0 N–H and O–H groups in total. The Bertz CT molecular complexity index is 1300. The maximum Gasteiger partial charge on any atom is -0.00201 e. The zero-order chi connectivity index (χ0) is 29.1. The molecule has 2 saturated carbocycles. The van der Waals surface area contributed by atoms with Gasteiger partial charge in [0.05, 0.1) is 0 Å². The Balaban J connectivity index is 1.28. The van der Waals surface area contributed by atoms with Crippen LogP contribution in [0.3, 0.4) is 0 Å². The van der Waals surface area contributed by atoms with E-state index in [0.29, 0.717) is 0 Å². The quantitative estimate of drug-likeness (QED) is 0.275. The lowest BCUT2D eigenvalue weighted by Gasteiger charge is -2.37. The third kappa shape index (κ3) is 7.36. The molecule has 0 amide bonds. The maximum absolute atomic E-state index is 2.58. The second-order valence-electron chi connectivity index (χ2n) is 15.0. The summed E-state index contributed by atoms with van der Waals surface area (Å²) in [6, 6.07) is 21.8. The Morgan fingerprint density at radius 1 is 0.634 bits per heavy atom. The average molecular weight is 549 g/mol. The first-order chi connectivity index (χ1) is 19.6. The SMILES string of the molecule is CCc1cc(C2CCC(C3CCC(C)CC3)CC2)ccc1Cc1ccc(C)c(Cc2ccc(C)cc2C(C)(C)C)c1. The molecule has 3 aromatic rings. The van der Waals surface area contributed by atoms with Crippen LogP contribution in [-0.4, -0.2) is 0 Å². The summed E-state index contributed by atoms with van der Waals surface area (Å²) in [5.41, 5.74) is 13.4. The van der Waals surface area contributed by atoms with Gasteiger partial charge in [-0.25, -0.2) is 0 Å². The summed E-state index contributed by atoms with van der Waals surface area (Å²) in [4.78, 5) is 0. The molecule has 0 heteroatoms. The van der Waals surface area contributed by atoms with Gasteiger partial charge in [-0.05, 0) is 145 Å². The van der Waals surface area contributed by atoms with E-state index < -0.39 is 0 Å². The first-order valence-corrected chi connectivity index (χ1v) is 16.9. The molecular weight excluding hydrogens is 492 g/mol. The molecule has 0 saturated heterocycles. The van der Waals surface area contributed by atoms with Crippen LogP contribution < -0.4 is 0 Å². The van der Waals surface area contributed by atoms with Crippen LogP contribution in [0.5, 0.6) is 0 Å². The van der Waals surface area contributed by atoms with E-state index in [9.17, 15) is 0 Å². The van der Waals surface area contributed by atoms with Crippen molar-refractivity contribution < 1.29 is 0 Å². The van der Waals surface area contributed by atoms with Crippen molar-refractivity contribution in [3.05, 3.63) is 105 Å². The zero-order valence-electron chi connectivity index (χ0n) is 27.3. The molecule has 0 unspecified atom stereocenters. The summed E-state index contributed by atoms with van der Waals surface area (Å²) in [5.74, 6) is 3.75. The highest BCUT2D eigenvalue weighted by Crippen LogP contribution is 2.44. The summed E-state index contributed by atoms with van der Waals surface area (Å²) in [7, 11) is 0. The van der Waals surface area contributed by atoms with Crippen LogP contribution in [0, 0.1) is 31.6 Å². The topological polar surface area (TPSA) is 0 Å². The van der Waals surface area contributed by atoms with Crippen LogP contribution >= 0.6 is 0 Å². The third-order valence-corrected chi connectivity index (χ3v) is 10.8. The van der Waals surface area contributed by atoms with E-state index in [1.807, 2.05) is 0 Å². The van der Waals surface area contributed by atoms with Gasteiger partial charge < -0.3 is 0 Å². The van der Waals surface area contributed by atoms with Gasteiger partial charge in [0.1, 0.15) is 0 Å². The lowest BCUT2D eigenvalue weighted by atomic mass is 9.68. The molecule has 3 aromatic carbocycles. The highest BCUT2D eigenvalue weighted by molar-refractivity contribution is 5.44. The number of aryl methyl sites for hydroxylation is 3. The van der Waals surface area contributed by atoms with Gasteiger partial charge in [-0.15, -0.1) is 0 Å². The van der Waals surface area contributed by atoms with Gasteiger partial charge in [-0.1, -0.05) is 108 Å². The highest BCUT2D eigenvalue weighted by atomic mass is 14.4. The summed E-state index contributed by atoms with van der Waals surface area (Å²) in [5, 5.41) is 0. The monoisotopic (exact) mass is 548 g/mol. The molecule has 0 atom stereocenters. The highest BCUT2D eigenvalue weighted by Gasteiger charge is 2.30. The minimum Gasteiger partial charge on any atom is -0.0625 e. The molecule has 41 heavy (non-hydrogen) atoms. The average Bonchev–Trinajstić information content (AvgIpc) is 2.96. The van der Waals surface area contributed by atoms with Crippen LogP contribution in [0.1, 0.15) is 142 Å². The molecule has 0 spiro atoms. The van der Waals surface area contributed by atoms with Crippen molar-refractivity contribution in [2.75, 3.05) is 0 Å². The first kappa shape index (κ1) is 30.1. The Morgan fingerprint density at radius 3 is 1.95 bits per heavy atom. The van der Waals surface area contributed by atoms with Crippen LogP contribution in [0.2, 0.25) is 0 Å². The normalized spacial score (nSPS) is 23.5. The van der Waals surface area contributed by atoms with Crippen LogP contribution in [0.4, 0.5) is 0 Å². The molecule has 0 aromatic heterocycles. The Labute approximate surface area is 252 Å². The fraction of sp³-hybridized carbons (Fsp3) is 0.561. The smallest absolute Gasteiger partial charge is 0.00201 e. The molecule has 0 nitrogen and oxygen atoms in total. The predicted molar refractivity (Wildman–Crippen MR) is 178 cm³/mol. The number of benzene rings is 3. The van der Waals surface area contributed by atoms with Gasteiger partial charge in [0.25, 0.3) is 0 Å². The van der Waals surface area contributed by atoms with Crippen molar-refractivity contribution in [2.45, 2.75) is 130 Å². The van der Waals surface area contributed by atoms with E-state index in [1.54, 1.807) is 11.1 Å². The summed E-state index contributed by atoms with van der Waals surface area (Å²) < 4.78 is 0. The molecular formula is C41H56. The second kappa shape index (κ2) is 12.9. The van der Waals surface area contributed by atoms with Crippen molar-refractivity contribution >= 4 is 0 Å². The summed E-state index contributed by atoms with van der Waals surface area (Å²) in [6.07, 6.45) is 14.8. The van der Waals surface area contributed by atoms with Gasteiger partial charge in [0.15, 0.2) is 0 Å². The van der Waals surface area contributed by atoms with Crippen molar-refractivity contribution in [3.8, 4) is 0 Å². The van der Waals surface area contributed by atoms with Crippen LogP contribution in [0.15, 0.2) is 54.6 Å². The predicted octanol–water partition coefficient (Wildman–Crippen LogP) is 11.4. The fourth-order valence-electron chi connectivity index (χ4n) is 8.08. The van der Waals surface area contributed by atoms with E-state index in [4.69, 9.17) is 0 Å². The van der Waals surface area contributed by atoms with Crippen molar-refractivity contribution in [1.82, 2.24) is 0 Å². The fourth-order valence-corrected chi connectivity index (χ4v) is 8.08.